The summed E-state index contributed by atoms with van der Waals surface area (Å²) in [6, 6.07) is 4.67. The van der Waals surface area contributed by atoms with Gasteiger partial charge in [-0.3, -0.25) is 0 Å². The van der Waals surface area contributed by atoms with E-state index in [1.54, 1.807) is 0 Å². The molecule has 0 aromatic heterocycles. The van der Waals surface area contributed by atoms with Gasteiger partial charge >= 0.3 is 6.18 Å². The molecule has 0 N–H and O–H groups in total. The van der Waals surface area contributed by atoms with Crippen molar-refractivity contribution >= 4 is 11.6 Å². The van der Waals surface area contributed by atoms with Crippen molar-refractivity contribution in [1.29, 1.82) is 0 Å². The number of rotatable bonds is 1. The molecular weight excluding hydrogens is 217 g/mol. The molecule has 0 aliphatic carbocycles. The molecule has 0 amide bonds. The highest BCUT2D eigenvalue weighted by molar-refractivity contribution is 6.24. The lowest BCUT2D eigenvalue weighted by atomic mass is 10.1. The average molecular weight is 221 g/mol. The molecule has 0 atom stereocenters. The van der Waals surface area contributed by atoms with E-state index in [1.165, 1.54) is 12.1 Å². The molecule has 1 aliphatic rings. The van der Waals surface area contributed by atoms with E-state index in [-0.39, 0.29) is 5.56 Å². The molecule has 14 heavy (non-hydrogen) atoms. The minimum atomic E-state index is -4.36. The van der Waals surface area contributed by atoms with Gasteiger partial charge in [0.1, 0.15) is 0 Å². The van der Waals surface area contributed by atoms with Crippen LogP contribution in [0.1, 0.15) is 11.1 Å². The highest BCUT2D eigenvalue weighted by Gasteiger charge is 2.41. The molecule has 0 unspecified atom stereocenters. The average Bonchev–Trinajstić information content (AvgIpc) is 2.84. The van der Waals surface area contributed by atoms with Gasteiger partial charge in [0.25, 0.3) is 5.12 Å². The number of nitrogens with zero attached hydrogens (tertiary/aromatic N) is 2. The van der Waals surface area contributed by atoms with Crippen LogP contribution in [0.5, 0.6) is 0 Å². The van der Waals surface area contributed by atoms with E-state index < -0.39 is 16.9 Å². The maximum atomic E-state index is 12.3. The van der Waals surface area contributed by atoms with Gasteiger partial charge in [-0.1, -0.05) is 23.7 Å². The monoisotopic (exact) mass is 220 g/mol. The van der Waals surface area contributed by atoms with Gasteiger partial charge in [0.2, 0.25) is 0 Å². The standard InChI is InChI=1S/C8H4ClF3N2/c9-7(13-14-7)5-2-1-3-6(4-5)8(10,11)12/h1-4H. The van der Waals surface area contributed by atoms with E-state index >= 15 is 0 Å². The Morgan fingerprint density at radius 2 is 1.86 bits per heavy atom. The van der Waals surface area contributed by atoms with Crippen molar-refractivity contribution in [3.8, 4) is 0 Å². The quantitative estimate of drug-likeness (QED) is 0.511. The molecule has 0 saturated heterocycles. The van der Waals surface area contributed by atoms with Crippen LogP contribution in [0.2, 0.25) is 0 Å². The molecule has 6 heteroatoms. The van der Waals surface area contributed by atoms with E-state index in [9.17, 15) is 13.2 Å². The van der Waals surface area contributed by atoms with Crippen LogP contribution in [0.4, 0.5) is 13.2 Å². The first kappa shape index (κ1) is 9.45. The van der Waals surface area contributed by atoms with Crippen LogP contribution in [-0.2, 0) is 11.3 Å². The van der Waals surface area contributed by atoms with Gasteiger partial charge in [-0.25, -0.2) is 0 Å². The smallest absolute Gasteiger partial charge is 0.166 e. The highest BCUT2D eigenvalue weighted by atomic mass is 35.5. The predicted molar refractivity (Wildman–Crippen MR) is 43.8 cm³/mol. The fraction of sp³-hybridized carbons (Fsp3) is 0.250. The lowest BCUT2D eigenvalue weighted by molar-refractivity contribution is -0.137. The van der Waals surface area contributed by atoms with Crippen LogP contribution in [-0.4, -0.2) is 0 Å². The van der Waals surface area contributed by atoms with Crippen LogP contribution in [0, 0.1) is 0 Å². The number of benzene rings is 1. The molecular formula is C8H4ClF3N2. The summed E-state index contributed by atoms with van der Waals surface area (Å²) >= 11 is 5.69. The van der Waals surface area contributed by atoms with Crippen LogP contribution in [0.25, 0.3) is 0 Å². The zero-order chi connectivity index (χ0) is 10.4. The van der Waals surface area contributed by atoms with E-state index in [2.05, 4.69) is 10.2 Å². The van der Waals surface area contributed by atoms with E-state index in [0.717, 1.165) is 12.1 Å². The maximum absolute atomic E-state index is 12.3. The van der Waals surface area contributed by atoms with Gasteiger partial charge in [0.15, 0.2) is 0 Å². The Labute approximate surface area is 82.4 Å². The Morgan fingerprint density at radius 1 is 1.21 bits per heavy atom. The first-order valence-electron chi connectivity index (χ1n) is 3.72. The number of hydrogen-bond acceptors (Lipinski definition) is 2. The lowest BCUT2D eigenvalue weighted by Gasteiger charge is -2.08. The molecule has 0 radical (unpaired) electrons. The molecule has 0 saturated carbocycles. The highest BCUT2D eigenvalue weighted by Crippen LogP contribution is 2.44. The topological polar surface area (TPSA) is 24.7 Å². The number of alkyl halides is 4. The minimum absolute atomic E-state index is 0.244. The fourth-order valence-electron chi connectivity index (χ4n) is 1.05. The Bertz CT molecular complexity index is 373. The van der Waals surface area contributed by atoms with E-state index in [0.29, 0.717) is 0 Å². The molecule has 1 aromatic rings. The maximum Gasteiger partial charge on any atom is 0.416 e. The summed E-state index contributed by atoms with van der Waals surface area (Å²) in [4.78, 5) is 0. The second-order valence-electron chi connectivity index (χ2n) is 2.87. The summed E-state index contributed by atoms with van der Waals surface area (Å²) in [6.45, 7) is 0. The summed E-state index contributed by atoms with van der Waals surface area (Å²) in [5.74, 6) is 0. The normalized spacial score (nSPS) is 18.3. The summed E-state index contributed by atoms with van der Waals surface area (Å²) in [5, 5.41) is 5.63. The van der Waals surface area contributed by atoms with Crippen molar-refractivity contribution in [2.75, 3.05) is 0 Å². The number of halogens is 4. The van der Waals surface area contributed by atoms with Gasteiger partial charge in [-0.2, -0.15) is 13.2 Å². The van der Waals surface area contributed by atoms with Crippen molar-refractivity contribution in [2.24, 2.45) is 10.2 Å². The molecule has 2 rings (SSSR count). The Hall–Kier alpha value is -1.10. The van der Waals surface area contributed by atoms with Crippen molar-refractivity contribution in [2.45, 2.75) is 11.3 Å². The zero-order valence-corrected chi connectivity index (χ0v) is 7.47. The molecule has 0 fully saturated rings. The largest absolute Gasteiger partial charge is 0.416 e. The van der Waals surface area contributed by atoms with Crippen LogP contribution in [0.3, 0.4) is 0 Å². The van der Waals surface area contributed by atoms with Crippen molar-refractivity contribution < 1.29 is 13.2 Å². The fourth-order valence-corrected chi connectivity index (χ4v) is 1.21. The molecule has 0 bridgehead atoms. The molecule has 74 valence electrons. The number of hydrogen-bond donors (Lipinski definition) is 0. The summed E-state index contributed by atoms with van der Waals surface area (Å²) in [5.41, 5.74) is -0.499. The first-order valence-corrected chi connectivity index (χ1v) is 4.10. The van der Waals surface area contributed by atoms with Gasteiger partial charge < -0.3 is 0 Å². The van der Waals surface area contributed by atoms with Crippen molar-refractivity contribution in [3.63, 3.8) is 0 Å². The molecule has 1 aromatic carbocycles. The van der Waals surface area contributed by atoms with Gasteiger partial charge in [0, 0.05) is 5.56 Å². The minimum Gasteiger partial charge on any atom is -0.166 e. The summed E-state index contributed by atoms with van der Waals surface area (Å²) in [7, 11) is 0. The van der Waals surface area contributed by atoms with E-state index in [4.69, 9.17) is 11.6 Å². The molecule has 0 spiro atoms. The van der Waals surface area contributed by atoms with Crippen LogP contribution >= 0.6 is 11.6 Å². The van der Waals surface area contributed by atoms with Crippen molar-refractivity contribution in [3.05, 3.63) is 35.4 Å². The van der Waals surface area contributed by atoms with Gasteiger partial charge in [0.05, 0.1) is 5.56 Å². The van der Waals surface area contributed by atoms with Crippen molar-refractivity contribution in [1.82, 2.24) is 0 Å². The third-order valence-electron chi connectivity index (χ3n) is 1.83. The van der Waals surface area contributed by atoms with Gasteiger partial charge in [-0.05, 0) is 12.1 Å². The predicted octanol–water partition coefficient (Wildman–Crippen LogP) is 3.52. The molecule has 1 heterocycles. The van der Waals surface area contributed by atoms with Crippen LogP contribution in [0.15, 0.2) is 34.5 Å². The van der Waals surface area contributed by atoms with Gasteiger partial charge in [-0.15, -0.1) is 10.2 Å². The third kappa shape index (κ3) is 1.59. The first-order chi connectivity index (χ1) is 6.42. The van der Waals surface area contributed by atoms with E-state index in [1.807, 2.05) is 0 Å². The second-order valence-corrected chi connectivity index (χ2v) is 3.39. The SMILES string of the molecule is FC(F)(F)c1cccc(C2(Cl)N=N2)c1. The second kappa shape index (κ2) is 2.70. The summed E-state index contributed by atoms with van der Waals surface area (Å²) in [6.07, 6.45) is -4.36. The summed E-state index contributed by atoms with van der Waals surface area (Å²) < 4.78 is 36.8. The Balaban J connectivity index is 2.37. The van der Waals surface area contributed by atoms with Crippen LogP contribution < -0.4 is 0 Å². The Kier molecular flexibility index (Phi) is 1.82. The lowest BCUT2D eigenvalue weighted by Crippen LogP contribution is -2.07. The molecule has 2 nitrogen and oxygen atoms in total. The third-order valence-corrected chi connectivity index (χ3v) is 2.20. The zero-order valence-electron chi connectivity index (χ0n) is 6.72. The molecule has 1 aliphatic heterocycles. The Morgan fingerprint density at radius 3 is 2.36 bits per heavy atom.